The summed E-state index contributed by atoms with van der Waals surface area (Å²) in [5, 5.41) is 2.06. The molecule has 0 radical (unpaired) electrons. The van der Waals surface area contributed by atoms with Gasteiger partial charge in [-0.1, -0.05) is 45.7 Å². The summed E-state index contributed by atoms with van der Waals surface area (Å²) in [4.78, 5) is 1.39. The van der Waals surface area contributed by atoms with Crippen molar-refractivity contribution in [3.63, 3.8) is 0 Å². The van der Waals surface area contributed by atoms with Crippen molar-refractivity contribution in [2.45, 2.75) is 11.2 Å². The zero-order valence-electron chi connectivity index (χ0n) is 11.1. The van der Waals surface area contributed by atoms with Crippen LogP contribution < -0.4 is 4.74 Å². The molecule has 2 heterocycles. The predicted molar refractivity (Wildman–Crippen MR) is 93.2 cm³/mol. The Morgan fingerprint density at radius 2 is 2.05 bits per heavy atom. The third-order valence-corrected chi connectivity index (χ3v) is 6.43. The van der Waals surface area contributed by atoms with Gasteiger partial charge in [-0.2, -0.15) is 0 Å². The van der Waals surface area contributed by atoms with Gasteiger partial charge in [0.05, 0.1) is 11.4 Å². The molecule has 4 heteroatoms. The zero-order chi connectivity index (χ0) is 14.4. The lowest BCUT2D eigenvalue weighted by atomic mass is 10.0. The maximum atomic E-state index is 6.27. The summed E-state index contributed by atoms with van der Waals surface area (Å²) < 4.78 is 7.12. The third kappa shape index (κ3) is 2.37. The molecule has 1 unspecified atom stereocenters. The molecule has 0 amide bonds. The molecule has 4 rings (SSSR count). The molecule has 2 aromatic carbocycles. The summed E-state index contributed by atoms with van der Waals surface area (Å²) >= 11 is 11.9. The first kappa shape index (κ1) is 13.6. The fraction of sp³-hybridized carbons (Fsp3) is 0.176. The van der Waals surface area contributed by atoms with E-state index >= 15 is 0 Å². The van der Waals surface area contributed by atoms with Crippen LogP contribution in [0.1, 0.15) is 20.8 Å². The van der Waals surface area contributed by atoms with Crippen LogP contribution in [0.25, 0.3) is 10.1 Å². The molecule has 0 bridgehead atoms. The highest BCUT2D eigenvalue weighted by atomic mass is 79.9. The molecule has 0 spiro atoms. The molecule has 106 valence electrons. The van der Waals surface area contributed by atoms with Gasteiger partial charge in [0.15, 0.2) is 0 Å². The lowest BCUT2D eigenvalue weighted by Crippen LogP contribution is -1.95. The van der Waals surface area contributed by atoms with Gasteiger partial charge in [-0.3, -0.25) is 0 Å². The Morgan fingerprint density at radius 1 is 1.19 bits per heavy atom. The molecule has 0 N–H and O–H groups in total. The van der Waals surface area contributed by atoms with Crippen molar-refractivity contribution in [3.8, 4) is 5.75 Å². The van der Waals surface area contributed by atoms with Crippen LogP contribution in [0.15, 0.2) is 42.5 Å². The molecule has 1 aliphatic heterocycles. The number of hydrogen-bond donors (Lipinski definition) is 0. The van der Waals surface area contributed by atoms with Crippen LogP contribution in [0.2, 0.25) is 5.02 Å². The van der Waals surface area contributed by atoms with Gasteiger partial charge >= 0.3 is 0 Å². The fourth-order valence-electron chi connectivity index (χ4n) is 2.77. The first-order valence-corrected chi connectivity index (χ1v) is 8.91. The van der Waals surface area contributed by atoms with Gasteiger partial charge in [-0.05, 0) is 35.2 Å². The highest BCUT2D eigenvalue weighted by molar-refractivity contribution is 9.09. The second-order valence-corrected chi connectivity index (χ2v) is 7.60. The van der Waals surface area contributed by atoms with Crippen molar-refractivity contribution in [2.24, 2.45) is 0 Å². The van der Waals surface area contributed by atoms with Crippen LogP contribution in [0.5, 0.6) is 5.75 Å². The van der Waals surface area contributed by atoms with Crippen LogP contribution in [-0.2, 0) is 6.42 Å². The lowest BCUT2D eigenvalue weighted by Gasteiger charge is -2.13. The molecule has 0 aliphatic carbocycles. The quantitative estimate of drug-likeness (QED) is 0.498. The first-order valence-electron chi connectivity index (χ1n) is 6.80. The van der Waals surface area contributed by atoms with Gasteiger partial charge in [-0.25, -0.2) is 0 Å². The molecule has 1 atom stereocenters. The van der Waals surface area contributed by atoms with E-state index in [1.165, 1.54) is 20.5 Å². The Hall–Kier alpha value is -1.03. The summed E-state index contributed by atoms with van der Waals surface area (Å²) in [6.07, 6.45) is 0.940. The number of thiophene rings is 1. The number of benzene rings is 2. The summed E-state index contributed by atoms with van der Waals surface area (Å²) in [5.74, 6) is 0.999. The van der Waals surface area contributed by atoms with E-state index in [0.29, 0.717) is 0 Å². The van der Waals surface area contributed by atoms with Crippen molar-refractivity contribution in [3.05, 3.63) is 63.5 Å². The average Bonchev–Trinajstić information content (AvgIpc) is 3.11. The van der Waals surface area contributed by atoms with E-state index in [2.05, 4.69) is 46.3 Å². The van der Waals surface area contributed by atoms with Crippen molar-refractivity contribution in [2.75, 3.05) is 6.61 Å². The Labute approximate surface area is 140 Å². The first-order chi connectivity index (χ1) is 10.2. The summed E-state index contributed by atoms with van der Waals surface area (Å²) in [5.41, 5.74) is 2.34. The minimum Gasteiger partial charge on any atom is -0.493 e. The van der Waals surface area contributed by atoms with Crippen LogP contribution in [0.3, 0.4) is 0 Å². The standard InChI is InChI=1S/C17H12BrClOS/c18-16(15-8-10-3-1-2-4-14(10)21-15)13-9-12(19)7-11-5-6-20-17(11)13/h1-4,7-9,16H,5-6H2. The number of halogens is 2. The van der Waals surface area contributed by atoms with Gasteiger partial charge in [0.25, 0.3) is 0 Å². The van der Waals surface area contributed by atoms with E-state index in [1.807, 2.05) is 12.1 Å². The minimum absolute atomic E-state index is 0.112. The molecule has 21 heavy (non-hydrogen) atoms. The second kappa shape index (κ2) is 5.31. The second-order valence-electron chi connectivity index (χ2n) is 5.13. The average molecular weight is 380 g/mol. The Bertz CT molecular complexity index is 794. The van der Waals surface area contributed by atoms with E-state index in [-0.39, 0.29) is 4.83 Å². The van der Waals surface area contributed by atoms with E-state index in [4.69, 9.17) is 16.3 Å². The number of rotatable bonds is 2. The maximum absolute atomic E-state index is 6.27. The fourth-order valence-corrected chi connectivity index (χ4v) is 4.83. The summed E-state index contributed by atoms with van der Waals surface area (Å²) in [7, 11) is 0. The van der Waals surface area contributed by atoms with Crippen LogP contribution in [0, 0.1) is 0 Å². The highest BCUT2D eigenvalue weighted by Gasteiger charge is 2.24. The van der Waals surface area contributed by atoms with Crippen LogP contribution >= 0.6 is 38.9 Å². The molecule has 3 aromatic rings. The van der Waals surface area contributed by atoms with Gasteiger partial charge in [0.2, 0.25) is 0 Å². The van der Waals surface area contributed by atoms with Gasteiger partial charge in [-0.15, -0.1) is 11.3 Å². The van der Waals surface area contributed by atoms with E-state index in [1.54, 1.807) is 11.3 Å². The maximum Gasteiger partial charge on any atom is 0.127 e. The SMILES string of the molecule is Clc1cc2c(c(C(Br)c3cc4ccccc4s3)c1)OCC2. The highest BCUT2D eigenvalue weighted by Crippen LogP contribution is 2.45. The van der Waals surface area contributed by atoms with Gasteiger partial charge in [0, 0.05) is 26.6 Å². The third-order valence-electron chi connectivity index (χ3n) is 3.74. The van der Waals surface area contributed by atoms with Crippen LogP contribution in [-0.4, -0.2) is 6.61 Å². The van der Waals surface area contributed by atoms with Crippen molar-refractivity contribution < 1.29 is 4.74 Å². The van der Waals surface area contributed by atoms with Crippen LogP contribution in [0.4, 0.5) is 0 Å². The predicted octanol–water partition coefficient (Wildman–Crippen LogP) is 5.97. The summed E-state index contributed by atoms with van der Waals surface area (Å²) in [6.45, 7) is 0.745. The number of alkyl halides is 1. The molecule has 0 saturated heterocycles. The monoisotopic (exact) mass is 378 g/mol. The number of fused-ring (bicyclic) bond motifs is 2. The molecular weight excluding hydrogens is 368 g/mol. The minimum atomic E-state index is 0.112. The normalized spacial score (nSPS) is 15.0. The van der Waals surface area contributed by atoms with Crippen molar-refractivity contribution in [1.82, 2.24) is 0 Å². The molecule has 1 nitrogen and oxygen atoms in total. The number of hydrogen-bond acceptors (Lipinski definition) is 2. The smallest absolute Gasteiger partial charge is 0.127 e. The largest absolute Gasteiger partial charge is 0.493 e. The zero-order valence-corrected chi connectivity index (χ0v) is 14.3. The Kier molecular flexibility index (Phi) is 3.44. The summed E-state index contributed by atoms with van der Waals surface area (Å²) in [6, 6.07) is 14.7. The lowest BCUT2D eigenvalue weighted by molar-refractivity contribution is 0.354. The van der Waals surface area contributed by atoms with E-state index in [0.717, 1.165) is 29.4 Å². The topological polar surface area (TPSA) is 9.23 Å². The Balaban J connectivity index is 1.83. The van der Waals surface area contributed by atoms with Gasteiger partial charge in [0.1, 0.15) is 5.75 Å². The Morgan fingerprint density at radius 3 is 2.90 bits per heavy atom. The molecule has 0 fully saturated rings. The van der Waals surface area contributed by atoms with Crippen molar-refractivity contribution >= 4 is 49.0 Å². The van der Waals surface area contributed by atoms with Crippen molar-refractivity contribution in [1.29, 1.82) is 0 Å². The molecule has 0 saturated carbocycles. The number of ether oxygens (including phenoxy) is 1. The van der Waals surface area contributed by atoms with Gasteiger partial charge < -0.3 is 4.74 Å². The molecule has 1 aliphatic rings. The van der Waals surface area contributed by atoms with E-state index in [9.17, 15) is 0 Å². The molecule has 1 aromatic heterocycles. The van der Waals surface area contributed by atoms with E-state index < -0.39 is 0 Å². The molecular formula is C17H12BrClOS.